The molecule has 0 heterocycles. The van der Waals surface area contributed by atoms with Crippen LogP contribution in [0.4, 0.5) is 0 Å². The summed E-state index contributed by atoms with van der Waals surface area (Å²) in [5, 5.41) is 9.65. The lowest BCUT2D eigenvalue weighted by Gasteiger charge is -2.20. The predicted octanol–water partition coefficient (Wildman–Crippen LogP) is 2.38. The van der Waals surface area contributed by atoms with Crippen molar-refractivity contribution < 1.29 is 14.6 Å². The minimum Gasteiger partial charge on any atom is -0.484 e. The van der Waals surface area contributed by atoms with Crippen LogP contribution in [-0.2, 0) is 4.79 Å². The normalized spacial score (nSPS) is 10.1. The Hall–Kier alpha value is -1.23. The number of ether oxygens (including phenoxy) is 1. The Kier molecular flexibility index (Phi) is 6.70. The molecular weight excluding hydrogens is 289 g/mol. The SMILES string of the molecule is C=CCN(CCO)C(=O)COc1ccc(Cl)c(Cl)c1. The minimum absolute atomic E-state index is 0.105. The second-order valence-corrected chi connectivity index (χ2v) is 4.53. The van der Waals surface area contributed by atoms with Crippen molar-refractivity contribution in [3.8, 4) is 5.75 Å². The molecule has 0 aliphatic carbocycles. The summed E-state index contributed by atoms with van der Waals surface area (Å²) in [6.07, 6.45) is 1.59. The van der Waals surface area contributed by atoms with Gasteiger partial charge in [-0.2, -0.15) is 0 Å². The highest BCUT2D eigenvalue weighted by atomic mass is 35.5. The van der Waals surface area contributed by atoms with E-state index in [0.29, 0.717) is 22.3 Å². The molecule has 0 aliphatic rings. The second kappa shape index (κ2) is 8.04. The van der Waals surface area contributed by atoms with Crippen LogP contribution in [0.3, 0.4) is 0 Å². The number of halogens is 2. The maximum Gasteiger partial charge on any atom is 0.260 e. The molecule has 1 N–H and O–H groups in total. The van der Waals surface area contributed by atoms with Gasteiger partial charge in [-0.15, -0.1) is 6.58 Å². The van der Waals surface area contributed by atoms with E-state index < -0.39 is 0 Å². The Morgan fingerprint density at radius 2 is 2.16 bits per heavy atom. The first-order valence-electron chi connectivity index (χ1n) is 5.66. The first-order chi connectivity index (χ1) is 9.08. The van der Waals surface area contributed by atoms with E-state index in [-0.39, 0.29) is 25.7 Å². The zero-order valence-corrected chi connectivity index (χ0v) is 11.8. The van der Waals surface area contributed by atoms with Gasteiger partial charge in [0.15, 0.2) is 6.61 Å². The highest BCUT2D eigenvalue weighted by Gasteiger charge is 2.12. The van der Waals surface area contributed by atoms with Crippen molar-refractivity contribution in [2.75, 3.05) is 26.3 Å². The number of aliphatic hydroxyl groups is 1. The van der Waals surface area contributed by atoms with Gasteiger partial charge in [0.1, 0.15) is 5.75 Å². The lowest BCUT2D eigenvalue weighted by Crippen LogP contribution is -2.37. The molecule has 0 spiro atoms. The van der Waals surface area contributed by atoms with E-state index in [1.807, 2.05) is 0 Å². The molecule has 0 saturated carbocycles. The number of benzene rings is 1. The van der Waals surface area contributed by atoms with Gasteiger partial charge in [-0.1, -0.05) is 29.3 Å². The van der Waals surface area contributed by atoms with Crippen molar-refractivity contribution in [1.29, 1.82) is 0 Å². The number of rotatable bonds is 7. The van der Waals surface area contributed by atoms with Crippen molar-refractivity contribution in [2.45, 2.75) is 0 Å². The summed E-state index contributed by atoms with van der Waals surface area (Å²) in [6.45, 7) is 3.93. The molecule has 6 heteroatoms. The average Bonchev–Trinajstić information content (AvgIpc) is 2.39. The molecule has 0 radical (unpaired) electrons. The molecule has 104 valence electrons. The number of nitrogens with zero attached hydrogens (tertiary/aromatic N) is 1. The van der Waals surface area contributed by atoms with Crippen LogP contribution >= 0.6 is 23.2 Å². The second-order valence-electron chi connectivity index (χ2n) is 3.72. The fourth-order valence-electron chi connectivity index (χ4n) is 1.40. The number of aliphatic hydroxyl groups excluding tert-OH is 1. The van der Waals surface area contributed by atoms with Crippen molar-refractivity contribution in [1.82, 2.24) is 4.90 Å². The van der Waals surface area contributed by atoms with Gasteiger partial charge in [0.2, 0.25) is 0 Å². The van der Waals surface area contributed by atoms with Crippen LogP contribution in [0.1, 0.15) is 0 Å². The Bertz CT molecular complexity index is 452. The van der Waals surface area contributed by atoms with Gasteiger partial charge in [0.25, 0.3) is 5.91 Å². The van der Waals surface area contributed by atoms with Gasteiger partial charge in [-0.3, -0.25) is 4.79 Å². The zero-order valence-electron chi connectivity index (χ0n) is 10.3. The van der Waals surface area contributed by atoms with Crippen LogP contribution in [0.15, 0.2) is 30.9 Å². The van der Waals surface area contributed by atoms with E-state index in [9.17, 15) is 4.79 Å². The van der Waals surface area contributed by atoms with Gasteiger partial charge >= 0.3 is 0 Å². The molecule has 0 atom stereocenters. The van der Waals surface area contributed by atoms with Gasteiger partial charge in [0, 0.05) is 19.2 Å². The maximum absolute atomic E-state index is 11.8. The summed E-state index contributed by atoms with van der Waals surface area (Å²) >= 11 is 11.6. The van der Waals surface area contributed by atoms with E-state index in [0.717, 1.165) is 0 Å². The van der Waals surface area contributed by atoms with Gasteiger partial charge in [-0.05, 0) is 12.1 Å². The summed E-state index contributed by atoms with van der Waals surface area (Å²) in [5.41, 5.74) is 0. The molecule has 0 unspecified atom stereocenters. The molecule has 19 heavy (non-hydrogen) atoms. The van der Waals surface area contributed by atoms with Crippen molar-refractivity contribution in [3.05, 3.63) is 40.9 Å². The molecule has 1 rings (SSSR count). The lowest BCUT2D eigenvalue weighted by atomic mass is 10.3. The van der Waals surface area contributed by atoms with Gasteiger partial charge in [-0.25, -0.2) is 0 Å². The van der Waals surface area contributed by atoms with Crippen molar-refractivity contribution in [3.63, 3.8) is 0 Å². The zero-order chi connectivity index (χ0) is 14.3. The van der Waals surface area contributed by atoms with Crippen LogP contribution in [0.2, 0.25) is 10.0 Å². The summed E-state index contributed by atoms with van der Waals surface area (Å²) < 4.78 is 5.33. The fourth-order valence-corrected chi connectivity index (χ4v) is 1.69. The predicted molar refractivity (Wildman–Crippen MR) is 75.8 cm³/mol. The van der Waals surface area contributed by atoms with Crippen LogP contribution in [-0.4, -0.2) is 42.2 Å². The van der Waals surface area contributed by atoms with E-state index in [4.69, 9.17) is 33.0 Å². The molecule has 0 bridgehead atoms. The molecule has 0 aliphatic heterocycles. The van der Waals surface area contributed by atoms with Gasteiger partial charge < -0.3 is 14.7 Å². The first-order valence-corrected chi connectivity index (χ1v) is 6.41. The number of hydrogen-bond acceptors (Lipinski definition) is 3. The summed E-state index contributed by atoms with van der Waals surface area (Å²) in [4.78, 5) is 13.3. The smallest absolute Gasteiger partial charge is 0.260 e. The molecule has 4 nitrogen and oxygen atoms in total. The summed E-state index contributed by atoms with van der Waals surface area (Å²) in [5.74, 6) is 0.227. The van der Waals surface area contributed by atoms with Crippen LogP contribution in [0.25, 0.3) is 0 Å². The summed E-state index contributed by atoms with van der Waals surface area (Å²) in [7, 11) is 0. The lowest BCUT2D eigenvalue weighted by molar-refractivity contribution is -0.133. The van der Waals surface area contributed by atoms with Crippen LogP contribution < -0.4 is 4.74 Å². The molecule has 1 aromatic carbocycles. The molecule has 1 aromatic rings. The quantitative estimate of drug-likeness (QED) is 0.787. The van der Waals surface area contributed by atoms with Crippen LogP contribution in [0, 0.1) is 0 Å². The van der Waals surface area contributed by atoms with E-state index >= 15 is 0 Å². The van der Waals surface area contributed by atoms with Crippen molar-refractivity contribution >= 4 is 29.1 Å². The molecule has 1 amide bonds. The topological polar surface area (TPSA) is 49.8 Å². The Morgan fingerprint density at radius 1 is 1.42 bits per heavy atom. The summed E-state index contributed by atoms with van der Waals surface area (Å²) in [6, 6.07) is 4.77. The minimum atomic E-state index is -0.236. The first kappa shape index (κ1) is 15.8. The van der Waals surface area contributed by atoms with Crippen LogP contribution in [0.5, 0.6) is 5.75 Å². The maximum atomic E-state index is 11.8. The number of hydrogen-bond donors (Lipinski definition) is 1. The Morgan fingerprint density at radius 3 is 2.74 bits per heavy atom. The molecule has 0 saturated heterocycles. The largest absolute Gasteiger partial charge is 0.484 e. The number of amides is 1. The van der Waals surface area contributed by atoms with Gasteiger partial charge in [0.05, 0.1) is 16.7 Å². The third-order valence-electron chi connectivity index (χ3n) is 2.33. The average molecular weight is 304 g/mol. The standard InChI is InChI=1S/C13H15Cl2NO3/c1-2-5-16(6-7-17)13(18)9-19-10-3-4-11(14)12(15)8-10/h2-4,8,17H,1,5-7,9H2. The third-order valence-corrected chi connectivity index (χ3v) is 3.06. The number of carbonyl (C=O) groups is 1. The van der Waals surface area contributed by atoms with E-state index in [1.54, 1.807) is 24.3 Å². The Labute approximate surface area is 122 Å². The fraction of sp³-hybridized carbons (Fsp3) is 0.308. The van der Waals surface area contributed by atoms with E-state index in [2.05, 4.69) is 6.58 Å². The molecular formula is C13H15Cl2NO3. The Balaban J connectivity index is 2.56. The monoisotopic (exact) mass is 303 g/mol. The highest BCUT2D eigenvalue weighted by Crippen LogP contribution is 2.26. The highest BCUT2D eigenvalue weighted by molar-refractivity contribution is 6.42. The third kappa shape index (κ3) is 5.11. The molecule has 0 aromatic heterocycles. The van der Waals surface area contributed by atoms with E-state index in [1.165, 1.54) is 4.90 Å². The molecule has 0 fully saturated rings. The van der Waals surface area contributed by atoms with Crippen molar-refractivity contribution in [2.24, 2.45) is 0 Å². The number of carbonyl (C=O) groups excluding carboxylic acids is 1.